The van der Waals surface area contributed by atoms with Crippen molar-refractivity contribution in [3.05, 3.63) is 35.1 Å². The highest BCUT2D eigenvalue weighted by atomic mass is 32.2. The average Bonchev–Trinajstić information content (AvgIpc) is 2.43. The van der Waals surface area contributed by atoms with Gasteiger partial charge in [-0.05, 0) is 24.6 Å². The Balaban J connectivity index is 2.90. The van der Waals surface area contributed by atoms with Crippen LogP contribution in [0.25, 0.3) is 0 Å². The standard InChI is InChI=1S/C14H19F4N3O2S/c1-3-19-13(20-6-7-24(2,22)23)21-9-10-4-5-11(15)8-12(10)14(16,17)18/h4-5,8H,3,6-7,9H2,1-2H3,(H2,19,20,21). The van der Waals surface area contributed by atoms with Crippen LogP contribution in [0.3, 0.4) is 0 Å². The first-order chi connectivity index (χ1) is 11.0. The van der Waals surface area contributed by atoms with Crippen LogP contribution in [-0.2, 0) is 22.6 Å². The Hall–Kier alpha value is -1.84. The van der Waals surface area contributed by atoms with Crippen molar-refractivity contribution < 1.29 is 26.0 Å². The van der Waals surface area contributed by atoms with Crippen molar-refractivity contribution in [3.8, 4) is 0 Å². The molecule has 0 aliphatic carbocycles. The van der Waals surface area contributed by atoms with Gasteiger partial charge in [0.15, 0.2) is 5.96 Å². The highest BCUT2D eigenvalue weighted by molar-refractivity contribution is 7.90. The minimum Gasteiger partial charge on any atom is -0.357 e. The molecule has 0 saturated heterocycles. The lowest BCUT2D eigenvalue weighted by molar-refractivity contribution is -0.138. The van der Waals surface area contributed by atoms with Crippen LogP contribution in [-0.4, -0.2) is 39.5 Å². The Morgan fingerprint density at radius 3 is 2.46 bits per heavy atom. The van der Waals surface area contributed by atoms with Gasteiger partial charge in [0, 0.05) is 19.3 Å². The van der Waals surface area contributed by atoms with E-state index in [4.69, 9.17) is 0 Å². The number of guanidine groups is 1. The molecule has 1 aromatic carbocycles. The zero-order chi connectivity index (χ0) is 18.4. The Bertz CT molecular complexity index is 688. The summed E-state index contributed by atoms with van der Waals surface area (Å²) in [7, 11) is -3.17. The molecule has 136 valence electrons. The van der Waals surface area contributed by atoms with Gasteiger partial charge in [-0.2, -0.15) is 13.2 Å². The summed E-state index contributed by atoms with van der Waals surface area (Å²) in [6, 6.07) is 2.39. The predicted octanol–water partition coefficient (Wildman–Crippen LogP) is 1.94. The quantitative estimate of drug-likeness (QED) is 0.457. The Kier molecular flexibility index (Phi) is 7.00. The predicted molar refractivity (Wildman–Crippen MR) is 83.9 cm³/mol. The fourth-order valence-electron chi connectivity index (χ4n) is 1.81. The van der Waals surface area contributed by atoms with Crippen molar-refractivity contribution in [2.24, 2.45) is 4.99 Å². The maximum atomic E-state index is 13.1. The molecule has 0 spiro atoms. The van der Waals surface area contributed by atoms with E-state index < -0.39 is 27.4 Å². The second-order valence-corrected chi connectivity index (χ2v) is 7.31. The summed E-state index contributed by atoms with van der Waals surface area (Å²) in [4.78, 5) is 3.98. The van der Waals surface area contributed by atoms with Crippen molar-refractivity contribution in [3.63, 3.8) is 0 Å². The molecule has 1 aromatic rings. The van der Waals surface area contributed by atoms with Crippen LogP contribution in [0.1, 0.15) is 18.1 Å². The smallest absolute Gasteiger partial charge is 0.357 e. The lowest BCUT2D eigenvalue weighted by Crippen LogP contribution is -2.39. The van der Waals surface area contributed by atoms with E-state index in [9.17, 15) is 26.0 Å². The van der Waals surface area contributed by atoms with Crippen LogP contribution in [0.2, 0.25) is 0 Å². The fourth-order valence-corrected chi connectivity index (χ4v) is 2.28. The van der Waals surface area contributed by atoms with E-state index in [2.05, 4.69) is 15.6 Å². The number of benzene rings is 1. The van der Waals surface area contributed by atoms with Gasteiger partial charge >= 0.3 is 6.18 Å². The first-order valence-electron chi connectivity index (χ1n) is 7.08. The van der Waals surface area contributed by atoms with Gasteiger partial charge in [-0.25, -0.2) is 17.8 Å². The van der Waals surface area contributed by atoms with Crippen LogP contribution in [0, 0.1) is 5.82 Å². The molecule has 0 atom stereocenters. The van der Waals surface area contributed by atoms with Gasteiger partial charge in [0.25, 0.3) is 0 Å². The molecule has 0 unspecified atom stereocenters. The van der Waals surface area contributed by atoms with Gasteiger partial charge in [-0.3, -0.25) is 0 Å². The third kappa shape index (κ3) is 7.16. The molecule has 0 fully saturated rings. The van der Waals surface area contributed by atoms with Crippen molar-refractivity contribution >= 4 is 15.8 Å². The van der Waals surface area contributed by atoms with Gasteiger partial charge in [0.1, 0.15) is 15.7 Å². The largest absolute Gasteiger partial charge is 0.416 e. The molecule has 2 N–H and O–H groups in total. The number of alkyl halides is 3. The molecule has 24 heavy (non-hydrogen) atoms. The molecule has 10 heteroatoms. The van der Waals surface area contributed by atoms with Gasteiger partial charge in [0.2, 0.25) is 0 Å². The first-order valence-corrected chi connectivity index (χ1v) is 9.14. The maximum absolute atomic E-state index is 13.1. The van der Waals surface area contributed by atoms with Crippen molar-refractivity contribution in [1.29, 1.82) is 0 Å². The summed E-state index contributed by atoms with van der Waals surface area (Å²) in [5.74, 6) is -0.936. The summed E-state index contributed by atoms with van der Waals surface area (Å²) < 4.78 is 74.0. The number of sulfone groups is 1. The number of nitrogens with zero attached hydrogens (tertiary/aromatic N) is 1. The van der Waals surface area contributed by atoms with E-state index in [-0.39, 0.29) is 30.4 Å². The van der Waals surface area contributed by atoms with Gasteiger partial charge in [0.05, 0.1) is 17.9 Å². The van der Waals surface area contributed by atoms with E-state index in [1.165, 1.54) is 0 Å². The third-order valence-electron chi connectivity index (χ3n) is 2.89. The Morgan fingerprint density at radius 1 is 1.25 bits per heavy atom. The summed E-state index contributed by atoms with van der Waals surface area (Å²) >= 11 is 0. The zero-order valence-corrected chi connectivity index (χ0v) is 14.1. The lowest BCUT2D eigenvalue weighted by Gasteiger charge is -2.13. The molecule has 0 bridgehead atoms. The molecule has 0 radical (unpaired) electrons. The normalized spacial score (nSPS) is 13.0. The number of aliphatic imine (C=N–C) groups is 1. The molecular weight excluding hydrogens is 350 g/mol. The van der Waals surface area contributed by atoms with Crippen molar-refractivity contribution in [2.75, 3.05) is 25.1 Å². The van der Waals surface area contributed by atoms with Crippen LogP contribution >= 0.6 is 0 Å². The van der Waals surface area contributed by atoms with E-state index in [1.54, 1.807) is 6.92 Å². The number of rotatable bonds is 6. The summed E-state index contributed by atoms with van der Waals surface area (Å²) in [6.07, 6.45) is -3.61. The molecule has 0 aromatic heterocycles. The van der Waals surface area contributed by atoms with Crippen LogP contribution in [0.15, 0.2) is 23.2 Å². The summed E-state index contributed by atoms with van der Waals surface area (Å²) in [6.45, 7) is 1.94. The second kappa shape index (κ2) is 8.32. The molecule has 0 aliphatic rings. The molecule has 0 aliphatic heterocycles. The number of halogens is 4. The van der Waals surface area contributed by atoms with Crippen LogP contribution < -0.4 is 10.6 Å². The molecule has 0 saturated carbocycles. The topological polar surface area (TPSA) is 70.6 Å². The molecule has 1 rings (SSSR count). The van der Waals surface area contributed by atoms with E-state index >= 15 is 0 Å². The number of hydrogen-bond acceptors (Lipinski definition) is 3. The van der Waals surface area contributed by atoms with Gasteiger partial charge < -0.3 is 10.6 Å². The van der Waals surface area contributed by atoms with Crippen LogP contribution in [0.5, 0.6) is 0 Å². The summed E-state index contributed by atoms with van der Waals surface area (Å²) in [5.41, 5.74) is -1.26. The Morgan fingerprint density at radius 2 is 1.92 bits per heavy atom. The van der Waals surface area contributed by atoms with Gasteiger partial charge in [-0.1, -0.05) is 6.07 Å². The van der Waals surface area contributed by atoms with E-state index in [0.29, 0.717) is 12.6 Å². The number of nitrogens with one attached hydrogen (secondary N) is 2. The highest BCUT2D eigenvalue weighted by Crippen LogP contribution is 2.32. The molecular formula is C14H19F4N3O2S. The van der Waals surface area contributed by atoms with E-state index in [1.807, 2.05) is 0 Å². The zero-order valence-electron chi connectivity index (χ0n) is 13.2. The van der Waals surface area contributed by atoms with Gasteiger partial charge in [-0.15, -0.1) is 0 Å². The molecule has 0 heterocycles. The number of hydrogen-bond donors (Lipinski definition) is 2. The summed E-state index contributed by atoms with van der Waals surface area (Å²) in [5, 5.41) is 5.52. The Labute approximate surface area is 138 Å². The SMILES string of the molecule is CCNC(=NCc1ccc(F)cc1C(F)(F)F)NCCS(C)(=O)=O. The highest BCUT2D eigenvalue weighted by Gasteiger charge is 2.33. The fraction of sp³-hybridized carbons (Fsp3) is 0.500. The minimum atomic E-state index is -4.69. The minimum absolute atomic E-state index is 0.0697. The second-order valence-electron chi connectivity index (χ2n) is 5.05. The monoisotopic (exact) mass is 369 g/mol. The van der Waals surface area contributed by atoms with Crippen LogP contribution in [0.4, 0.5) is 17.6 Å². The first kappa shape index (κ1) is 20.2. The lowest BCUT2D eigenvalue weighted by atomic mass is 10.1. The molecule has 5 nitrogen and oxygen atoms in total. The average molecular weight is 369 g/mol. The van der Waals surface area contributed by atoms with Crippen molar-refractivity contribution in [1.82, 2.24) is 10.6 Å². The van der Waals surface area contributed by atoms with E-state index in [0.717, 1.165) is 18.4 Å². The third-order valence-corrected chi connectivity index (χ3v) is 3.84. The van der Waals surface area contributed by atoms with Crippen molar-refractivity contribution in [2.45, 2.75) is 19.6 Å². The maximum Gasteiger partial charge on any atom is 0.416 e. The molecule has 0 amide bonds.